The molecule has 4 aromatic rings. The lowest BCUT2D eigenvalue weighted by atomic mass is 9.98. The molecule has 2 aromatic heterocycles. The summed E-state index contributed by atoms with van der Waals surface area (Å²) in [5.41, 5.74) is -0.932. The van der Waals surface area contributed by atoms with Gasteiger partial charge in [-0.2, -0.15) is 4.98 Å². The molecule has 0 aliphatic carbocycles. The first-order valence-electron chi connectivity index (χ1n) is 12.6. The highest BCUT2D eigenvalue weighted by molar-refractivity contribution is 5.96. The van der Waals surface area contributed by atoms with Gasteiger partial charge in [0.15, 0.2) is 11.4 Å². The third kappa shape index (κ3) is 5.04. The van der Waals surface area contributed by atoms with E-state index in [4.69, 9.17) is 14.2 Å². The van der Waals surface area contributed by atoms with Crippen molar-refractivity contribution in [1.82, 2.24) is 19.4 Å². The molecule has 0 spiro atoms. The molecule has 1 amide bonds. The van der Waals surface area contributed by atoms with Gasteiger partial charge in [0.2, 0.25) is 5.88 Å². The zero-order chi connectivity index (χ0) is 29.3. The van der Waals surface area contributed by atoms with Gasteiger partial charge in [0.1, 0.15) is 40.3 Å². The molecule has 3 heterocycles. The number of likely N-dealkylation sites (tertiary alicyclic amines) is 1. The van der Waals surface area contributed by atoms with Crippen molar-refractivity contribution in [3.63, 3.8) is 0 Å². The van der Waals surface area contributed by atoms with Gasteiger partial charge >= 0.3 is 0 Å². The lowest BCUT2D eigenvalue weighted by Crippen LogP contribution is -2.36. The Morgan fingerprint density at radius 3 is 2.41 bits per heavy atom. The minimum Gasteiger partial charge on any atom is -0.497 e. The zero-order valence-electron chi connectivity index (χ0n) is 22.4. The molecule has 1 unspecified atom stereocenters. The van der Waals surface area contributed by atoms with Crippen LogP contribution in [0.15, 0.2) is 59.5 Å². The summed E-state index contributed by atoms with van der Waals surface area (Å²) in [5.74, 6) is -2.66. The molecule has 1 fully saturated rings. The second-order valence-corrected chi connectivity index (χ2v) is 9.27. The number of methoxy groups -OCH3 is 3. The van der Waals surface area contributed by atoms with Gasteiger partial charge in [-0.15, -0.1) is 0 Å². The van der Waals surface area contributed by atoms with Crippen LogP contribution in [0.3, 0.4) is 0 Å². The van der Waals surface area contributed by atoms with Crippen molar-refractivity contribution in [2.45, 2.75) is 12.3 Å². The summed E-state index contributed by atoms with van der Waals surface area (Å²) in [4.78, 5) is 37.7. The summed E-state index contributed by atoms with van der Waals surface area (Å²) in [6.07, 6.45) is 1.82. The first-order chi connectivity index (χ1) is 19.8. The first kappa shape index (κ1) is 27.6. The average Bonchev–Trinajstić information content (AvgIpc) is 3.46. The van der Waals surface area contributed by atoms with Crippen molar-refractivity contribution in [3.8, 4) is 40.3 Å². The van der Waals surface area contributed by atoms with Gasteiger partial charge in [-0.25, -0.2) is 8.78 Å². The smallest absolute Gasteiger partial charge is 0.275 e. The minimum atomic E-state index is -0.902. The predicted octanol–water partition coefficient (Wildman–Crippen LogP) is 3.93. The van der Waals surface area contributed by atoms with Crippen LogP contribution in [0, 0.1) is 11.6 Å². The number of pyridine rings is 1. The molecule has 41 heavy (non-hydrogen) atoms. The number of carbonyl (C=O) groups is 1. The summed E-state index contributed by atoms with van der Waals surface area (Å²) in [5, 5.41) is 11.0. The molecule has 0 bridgehead atoms. The number of benzene rings is 2. The van der Waals surface area contributed by atoms with Crippen LogP contribution >= 0.6 is 0 Å². The van der Waals surface area contributed by atoms with E-state index >= 15 is 0 Å². The van der Waals surface area contributed by atoms with E-state index in [0.29, 0.717) is 12.2 Å². The lowest BCUT2D eigenvalue weighted by molar-refractivity contribution is 0.0784. The highest BCUT2D eigenvalue weighted by atomic mass is 19.1. The molecule has 0 saturated carbocycles. The van der Waals surface area contributed by atoms with Gasteiger partial charge in [-0.1, -0.05) is 12.1 Å². The van der Waals surface area contributed by atoms with Crippen molar-refractivity contribution < 1.29 is 32.9 Å². The average molecular weight is 565 g/mol. The molecular formula is C29H26F2N4O6. The Hall–Kier alpha value is -5.00. The summed E-state index contributed by atoms with van der Waals surface area (Å²) in [7, 11) is 4.28. The number of amides is 1. The molecule has 10 nitrogen and oxygen atoms in total. The van der Waals surface area contributed by atoms with Gasteiger partial charge in [-0.3, -0.25) is 19.1 Å². The summed E-state index contributed by atoms with van der Waals surface area (Å²) >= 11 is 0. The highest BCUT2D eigenvalue weighted by Gasteiger charge is 2.34. The van der Waals surface area contributed by atoms with E-state index in [2.05, 4.69) is 9.97 Å². The maximum Gasteiger partial charge on any atom is 0.275 e. The third-order valence-electron chi connectivity index (χ3n) is 6.98. The van der Waals surface area contributed by atoms with Crippen LogP contribution in [-0.4, -0.2) is 64.9 Å². The fourth-order valence-corrected chi connectivity index (χ4v) is 4.98. The fraction of sp³-hybridized carbons (Fsp3) is 0.241. The van der Waals surface area contributed by atoms with E-state index in [1.165, 1.54) is 44.6 Å². The number of ether oxygens (including phenoxy) is 3. The Labute approximate surface area is 233 Å². The standard InChI is InChI=1S/C29H26F2N4O6/c1-39-18-9-11-32-21(14-18)26-33-27(36)24(29(38)35(26)25-22(40-2)5-4-6-23(25)41-3)28(37)34-12-10-16(15-34)19-8-7-17(30)13-20(19)31/h4-9,11,13-14,16,36H,10,12,15H2,1-3H3. The minimum absolute atomic E-state index is 0.0530. The summed E-state index contributed by atoms with van der Waals surface area (Å²) in [6.45, 7) is 0.230. The molecule has 1 N–H and O–H groups in total. The Bertz CT molecular complexity index is 1670. The molecule has 12 heteroatoms. The number of halogens is 2. The summed E-state index contributed by atoms with van der Waals surface area (Å²) in [6, 6.07) is 11.3. The quantitative estimate of drug-likeness (QED) is 0.359. The van der Waals surface area contributed by atoms with Crippen LogP contribution in [0.5, 0.6) is 23.1 Å². The topological polar surface area (TPSA) is 116 Å². The van der Waals surface area contributed by atoms with Crippen LogP contribution in [0.2, 0.25) is 0 Å². The third-order valence-corrected chi connectivity index (χ3v) is 6.98. The highest BCUT2D eigenvalue weighted by Crippen LogP contribution is 2.36. The summed E-state index contributed by atoms with van der Waals surface area (Å²) < 4.78 is 45.3. The molecule has 2 aromatic carbocycles. The Balaban J connectivity index is 1.66. The predicted molar refractivity (Wildman–Crippen MR) is 144 cm³/mol. The molecule has 1 atom stereocenters. The molecule has 5 rings (SSSR count). The number of aromatic hydroxyl groups is 1. The number of rotatable bonds is 7. The number of nitrogens with zero attached hydrogens (tertiary/aromatic N) is 4. The van der Waals surface area contributed by atoms with E-state index in [1.54, 1.807) is 24.3 Å². The van der Waals surface area contributed by atoms with E-state index in [9.17, 15) is 23.5 Å². The van der Waals surface area contributed by atoms with E-state index in [-0.39, 0.29) is 47.4 Å². The Morgan fingerprint density at radius 1 is 1.02 bits per heavy atom. The molecule has 1 aliphatic heterocycles. The van der Waals surface area contributed by atoms with Crippen molar-refractivity contribution in [3.05, 3.63) is 87.8 Å². The van der Waals surface area contributed by atoms with Gasteiger partial charge in [0.25, 0.3) is 11.5 Å². The van der Waals surface area contributed by atoms with E-state index in [0.717, 1.165) is 16.7 Å². The van der Waals surface area contributed by atoms with Crippen molar-refractivity contribution in [1.29, 1.82) is 0 Å². The van der Waals surface area contributed by atoms with Gasteiger partial charge < -0.3 is 24.2 Å². The Morgan fingerprint density at radius 2 is 1.76 bits per heavy atom. The fourth-order valence-electron chi connectivity index (χ4n) is 4.98. The SMILES string of the molecule is COc1ccnc(-c2nc(O)c(C(=O)N3CCC(c4ccc(F)cc4F)C3)c(=O)n2-c2c(OC)cccc2OC)c1. The largest absolute Gasteiger partial charge is 0.497 e. The maximum absolute atomic E-state index is 14.4. The Kier molecular flexibility index (Phi) is 7.56. The normalized spacial score (nSPS) is 14.7. The molecular weight excluding hydrogens is 538 g/mol. The van der Waals surface area contributed by atoms with Crippen molar-refractivity contribution in [2.75, 3.05) is 34.4 Å². The van der Waals surface area contributed by atoms with E-state index < -0.39 is 40.5 Å². The van der Waals surface area contributed by atoms with Gasteiger partial charge in [0, 0.05) is 37.3 Å². The molecule has 1 aliphatic rings. The number of aromatic nitrogens is 3. The first-order valence-corrected chi connectivity index (χ1v) is 12.6. The second-order valence-electron chi connectivity index (χ2n) is 9.27. The number of hydrogen-bond donors (Lipinski definition) is 1. The van der Waals surface area contributed by atoms with Gasteiger partial charge in [0.05, 0.1) is 21.3 Å². The van der Waals surface area contributed by atoms with Crippen LogP contribution in [-0.2, 0) is 0 Å². The van der Waals surface area contributed by atoms with E-state index in [1.807, 2.05) is 0 Å². The number of carbonyl (C=O) groups excluding carboxylic acids is 1. The zero-order valence-corrected chi connectivity index (χ0v) is 22.4. The molecule has 1 saturated heterocycles. The van der Waals surface area contributed by atoms with Crippen molar-refractivity contribution in [2.24, 2.45) is 0 Å². The monoisotopic (exact) mass is 564 g/mol. The molecule has 212 valence electrons. The maximum atomic E-state index is 14.4. The number of para-hydroxylation sites is 1. The van der Waals surface area contributed by atoms with Gasteiger partial charge in [-0.05, 0) is 36.2 Å². The van der Waals surface area contributed by atoms with Crippen LogP contribution in [0.4, 0.5) is 8.78 Å². The molecule has 0 radical (unpaired) electrons. The second kappa shape index (κ2) is 11.2. The van der Waals surface area contributed by atoms with Crippen LogP contribution < -0.4 is 19.8 Å². The van der Waals surface area contributed by atoms with Crippen LogP contribution in [0.25, 0.3) is 17.2 Å². The van der Waals surface area contributed by atoms with Crippen molar-refractivity contribution >= 4 is 5.91 Å². The lowest BCUT2D eigenvalue weighted by Gasteiger charge is -2.21. The number of hydrogen-bond acceptors (Lipinski definition) is 8. The van der Waals surface area contributed by atoms with Crippen LogP contribution in [0.1, 0.15) is 28.3 Å².